The molecule has 0 fully saturated rings. The van der Waals surface area contributed by atoms with Crippen LogP contribution >= 0.6 is 0 Å². The minimum Gasteiger partial charge on any atom is -0.494 e. The second kappa shape index (κ2) is 7.92. The highest BCUT2D eigenvalue weighted by atomic mass is 16.5. The van der Waals surface area contributed by atoms with Gasteiger partial charge in [0.15, 0.2) is 0 Å². The number of rotatable bonds is 5. The van der Waals surface area contributed by atoms with Crippen LogP contribution in [-0.2, 0) is 4.79 Å². The summed E-state index contributed by atoms with van der Waals surface area (Å²) in [5.74, 6) is 0.751. The first-order valence-corrected chi connectivity index (χ1v) is 9.22. The first-order valence-electron chi connectivity index (χ1n) is 9.22. The SMILES string of the molecule is CCOc1ccc(/C=C2\C=C(c3ccccc3)N(c3cccnc3)C2=O)cc1. The average Bonchev–Trinajstić information content (AvgIpc) is 3.07. The number of carbonyl (C=O) groups is 1. The molecule has 1 amide bonds. The molecule has 2 aromatic carbocycles. The molecule has 1 aliphatic rings. The summed E-state index contributed by atoms with van der Waals surface area (Å²) < 4.78 is 5.49. The summed E-state index contributed by atoms with van der Waals surface area (Å²) in [5.41, 5.74) is 4.15. The van der Waals surface area contributed by atoms with Gasteiger partial charge >= 0.3 is 0 Å². The summed E-state index contributed by atoms with van der Waals surface area (Å²) >= 11 is 0. The smallest absolute Gasteiger partial charge is 0.263 e. The molecule has 0 aliphatic carbocycles. The average molecular weight is 368 g/mol. The predicted octanol–water partition coefficient (Wildman–Crippen LogP) is 4.95. The molecule has 0 atom stereocenters. The Morgan fingerprint density at radius 3 is 2.46 bits per heavy atom. The minimum absolute atomic E-state index is 0.0688. The summed E-state index contributed by atoms with van der Waals surface area (Å²) in [6.45, 7) is 2.58. The lowest BCUT2D eigenvalue weighted by atomic mass is 10.1. The molecule has 1 aromatic heterocycles. The number of hydrogen-bond donors (Lipinski definition) is 0. The molecule has 0 bridgehead atoms. The predicted molar refractivity (Wildman–Crippen MR) is 112 cm³/mol. The maximum Gasteiger partial charge on any atom is 0.263 e. The van der Waals surface area contributed by atoms with E-state index in [4.69, 9.17) is 4.74 Å². The number of anilines is 1. The van der Waals surface area contributed by atoms with Gasteiger partial charge in [0, 0.05) is 11.8 Å². The third kappa shape index (κ3) is 3.58. The van der Waals surface area contributed by atoms with Crippen molar-refractivity contribution in [2.75, 3.05) is 11.5 Å². The highest BCUT2D eigenvalue weighted by Gasteiger charge is 2.30. The highest BCUT2D eigenvalue weighted by molar-refractivity contribution is 6.23. The lowest BCUT2D eigenvalue weighted by molar-refractivity contribution is -0.113. The third-order valence-corrected chi connectivity index (χ3v) is 4.47. The van der Waals surface area contributed by atoms with Crippen molar-refractivity contribution in [1.29, 1.82) is 0 Å². The topological polar surface area (TPSA) is 42.4 Å². The summed E-state index contributed by atoms with van der Waals surface area (Å²) in [7, 11) is 0. The van der Waals surface area contributed by atoms with E-state index in [2.05, 4.69) is 4.98 Å². The fourth-order valence-corrected chi connectivity index (χ4v) is 3.19. The molecule has 138 valence electrons. The van der Waals surface area contributed by atoms with Crippen LogP contribution in [-0.4, -0.2) is 17.5 Å². The van der Waals surface area contributed by atoms with Gasteiger partial charge in [-0.05, 0) is 54.5 Å². The van der Waals surface area contributed by atoms with Crippen LogP contribution in [0.4, 0.5) is 5.69 Å². The quantitative estimate of drug-likeness (QED) is 0.598. The van der Waals surface area contributed by atoms with Crippen LogP contribution in [0.1, 0.15) is 18.1 Å². The van der Waals surface area contributed by atoms with Crippen molar-refractivity contribution in [3.05, 3.63) is 102 Å². The number of hydrogen-bond acceptors (Lipinski definition) is 3. The molecule has 3 aromatic rings. The maximum absolute atomic E-state index is 13.2. The van der Waals surface area contributed by atoms with Crippen LogP contribution in [0.25, 0.3) is 11.8 Å². The lowest BCUT2D eigenvalue weighted by Gasteiger charge is -2.20. The van der Waals surface area contributed by atoms with Crippen LogP contribution < -0.4 is 9.64 Å². The fraction of sp³-hybridized carbons (Fsp3) is 0.0833. The normalized spacial score (nSPS) is 15.0. The Hall–Kier alpha value is -3.66. The van der Waals surface area contributed by atoms with Crippen molar-refractivity contribution in [2.24, 2.45) is 0 Å². The molecule has 4 rings (SSSR count). The number of amides is 1. The molecule has 0 unspecified atom stereocenters. The maximum atomic E-state index is 13.2. The van der Waals surface area contributed by atoms with Crippen molar-refractivity contribution in [2.45, 2.75) is 6.92 Å². The fourth-order valence-electron chi connectivity index (χ4n) is 3.19. The molecule has 0 saturated carbocycles. The first-order chi connectivity index (χ1) is 13.8. The molecule has 0 radical (unpaired) electrons. The second-order valence-electron chi connectivity index (χ2n) is 6.35. The van der Waals surface area contributed by atoms with Crippen LogP contribution in [0.5, 0.6) is 5.75 Å². The minimum atomic E-state index is -0.0688. The zero-order valence-corrected chi connectivity index (χ0v) is 15.6. The van der Waals surface area contributed by atoms with Crippen LogP contribution in [0.15, 0.2) is 90.8 Å². The molecule has 28 heavy (non-hydrogen) atoms. The van der Waals surface area contributed by atoms with Crippen LogP contribution in [0.3, 0.4) is 0 Å². The van der Waals surface area contributed by atoms with E-state index in [0.717, 1.165) is 28.3 Å². The number of ether oxygens (including phenoxy) is 1. The highest BCUT2D eigenvalue weighted by Crippen LogP contribution is 2.34. The van der Waals surface area contributed by atoms with E-state index >= 15 is 0 Å². The van der Waals surface area contributed by atoms with E-state index in [9.17, 15) is 4.79 Å². The Bertz CT molecular complexity index is 1020. The molecular weight excluding hydrogens is 348 g/mol. The largest absolute Gasteiger partial charge is 0.494 e. The molecule has 4 nitrogen and oxygen atoms in total. The summed E-state index contributed by atoms with van der Waals surface area (Å²) in [5, 5.41) is 0. The van der Waals surface area contributed by atoms with Gasteiger partial charge in [-0.15, -0.1) is 0 Å². The zero-order chi connectivity index (χ0) is 19.3. The molecule has 1 aliphatic heterocycles. The number of aromatic nitrogens is 1. The van der Waals surface area contributed by atoms with E-state index in [-0.39, 0.29) is 5.91 Å². The van der Waals surface area contributed by atoms with Gasteiger partial charge in [0.25, 0.3) is 5.91 Å². The molecule has 2 heterocycles. The Morgan fingerprint density at radius 2 is 1.79 bits per heavy atom. The van der Waals surface area contributed by atoms with Gasteiger partial charge in [0.2, 0.25) is 0 Å². The van der Waals surface area contributed by atoms with Gasteiger partial charge < -0.3 is 4.74 Å². The Morgan fingerprint density at radius 1 is 1.00 bits per heavy atom. The molecule has 0 N–H and O–H groups in total. The van der Waals surface area contributed by atoms with E-state index < -0.39 is 0 Å². The van der Waals surface area contributed by atoms with Crippen molar-refractivity contribution in [3.63, 3.8) is 0 Å². The molecular formula is C24H20N2O2. The third-order valence-electron chi connectivity index (χ3n) is 4.47. The van der Waals surface area contributed by atoms with Crippen molar-refractivity contribution >= 4 is 23.4 Å². The van der Waals surface area contributed by atoms with Gasteiger partial charge in [-0.3, -0.25) is 14.7 Å². The van der Waals surface area contributed by atoms with E-state index in [1.807, 2.05) is 85.8 Å². The van der Waals surface area contributed by atoms with Crippen LogP contribution in [0.2, 0.25) is 0 Å². The molecule has 0 saturated heterocycles. The van der Waals surface area contributed by atoms with E-state index in [0.29, 0.717) is 12.2 Å². The number of pyridine rings is 1. The van der Waals surface area contributed by atoms with Crippen LogP contribution in [0, 0.1) is 0 Å². The zero-order valence-electron chi connectivity index (χ0n) is 15.6. The van der Waals surface area contributed by atoms with E-state index in [1.165, 1.54) is 0 Å². The van der Waals surface area contributed by atoms with Gasteiger partial charge in [-0.25, -0.2) is 0 Å². The summed E-state index contributed by atoms with van der Waals surface area (Å²) in [4.78, 5) is 19.1. The second-order valence-corrected chi connectivity index (χ2v) is 6.35. The summed E-state index contributed by atoms with van der Waals surface area (Å²) in [6.07, 6.45) is 7.24. The molecule has 0 spiro atoms. The van der Waals surface area contributed by atoms with Gasteiger partial charge in [0.1, 0.15) is 5.75 Å². The first kappa shape index (κ1) is 17.7. The van der Waals surface area contributed by atoms with Gasteiger partial charge in [-0.1, -0.05) is 42.5 Å². The monoisotopic (exact) mass is 368 g/mol. The Balaban J connectivity index is 1.74. The standard InChI is InChI=1S/C24H20N2O2/c1-2-28-22-12-10-18(11-13-22)15-20-16-23(19-7-4-3-5-8-19)26(24(20)27)21-9-6-14-25-17-21/h3-17H,2H2,1H3/b20-15+. The van der Waals surface area contributed by atoms with Gasteiger partial charge in [-0.2, -0.15) is 0 Å². The number of nitrogens with zero attached hydrogens (tertiary/aromatic N) is 2. The van der Waals surface area contributed by atoms with Gasteiger partial charge in [0.05, 0.1) is 24.2 Å². The number of benzene rings is 2. The van der Waals surface area contributed by atoms with Crippen molar-refractivity contribution < 1.29 is 9.53 Å². The van der Waals surface area contributed by atoms with Crippen molar-refractivity contribution in [1.82, 2.24) is 4.98 Å². The van der Waals surface area contributed by atoms with Crippen molar-refractivity contribution in [3.8, 4) is 5.75 Å². The molecule has 4 heteroatoms. The Kier molecular flexibility index (Phi) is 5.02. The Labute approximate surface area is 164 Å². The number of carbonyl (C=O) groups excluding carboxylic acids is 1. The summed E-state index contributed by atoms with van der Waals surface area (Å²) in [6, 6.07) is 21.4. The van der Waals surface area contributed by atoms with E-state index in [1.54, 1.807) is 17.3 Å². The lowest BCUT2D eigenvalue weighted by Crippen LogP contribution is -2.25.